The smallest absolute Gasteiger partial charge is 0.220 e. The van der Waals surface area contributed by atoms with Crippen LogP contribution in [0.5, 0.6) is 0 Å². The van der Waals surface area contributed by atoms with Gasteiger partial charge in [-0.2, -0.15) is 0 Å². The minimum absolute atomic E-state index is 0.209. The number of amides is 1. The Balaban J connectivity index is 2.14. The van der Waals surface area contributed by atoms with Gasteiger partial charge in [-0.05, 0) is 116 Å². The van der Waals surface area contributed by atoms with Gasteiger partial charge in [0.1, 0.15) is 24.4 Å². The first-order valence-electron chi connectivity index (χ1n) is 28.2. The number of aliphatic hydroxyl groups is 5. The molecule has 410 valence electrons. The van der Waals surface area contributed by atoms with E-state index in [9.17, 15) is 30.3 Å². The maximum absolute atomic E-state index is 13.0. The number of allylic oxidation sites excluding steroid dienone is 25. The molecular weight excluding hydrogens is 911 g/mol. The minimum Gasteiger partial charge on any atom is -0.394 e. The van der Waals surface area contributed by atoms with Crippen molar-refractivity contribution in [2.24, 2.45) is 0 Å². The van der Waals surface area contributed by atoms with Crippen LogP contribution >= 0.6 is 0 Å². The van der Waals surface area contributed by atoms with Gasteiger partial charge < -0.3 is 40.3 Å². The quantitative estimate of drug-likeness (QED) is 0.0261. The fourth-order valence-corrected chi connectivity index (χ4v) is 7.64. The average Bonchev–Trinajstić information content (AvgIpc) is 3.39. The van der Waals surface area contributed by atoms with Crippen LogP contribution in [0, 0.1) is 0 Å². The van der Waals surface area contributed by atoms with Crippen molar-refractivity contribution in [1.82, 2.24) is 5.32 Å². The maximum Gasteiger partial charge on any atom is 0.220 e. The number of hydrogen-bond acceptors (Lipinski definition) is 8. The molecule has 0 bridgehead atoms. The molecular formula is C64H101NO8. The van der Waals surface area contributed by atoms with Crippen molar-refractivity contribution in [3.63, 3.8) is 0 Å². The highest BCUT2D eigenvalue weighted by molar-refractivity contribution is 5.76. The summed E-state index contributed by atoms with van der Waals surface area (Å²) < 4.78 is 11.2. The molecule has 1 aliphatic rings. The fourth-order valence-electron chi connectivity index (χ4n) is 7.64. The number of unbranched alkanes of at least 4 members (excludes halogenated alkanes) is 11. The summed E-state index contributed by atoms with van der Waals surface area (Å²) >= 11 is 0. The highest BCUT2D eigenvalue weighted by Gasteiger charge is 2.44. The number of carbonyl (C=O) groups is 1. The van der Waals surface area contributed by atoms with E-state index in [4.69, 9.17) is 9.47 Å². The summed E-state index contributed by atoms with van der Waals surface area (Å²) in [6.07, 6.45) is 74.7. The van der Waals surface area contributed by atoms with Crippen LogP contribution in [0.15, 0.2) is 158 Å². The summed E-state index contributed by atoms with van der Waals surface area (Å²) in [5.74, 6) is -0.209. The second-order valence-electron chi connectivity index (χ2n) is 18.6. The zero-order chi connectivity index (χ0) is 52.9. The van der Waals surface area contributed by atoms with E-state index in [0.717, 1.165) is 122 Å². The Hall–Kier alpha value is -4.19. The van der Waals surface area contributed by atoms with E-state index in [1.807, 2.05) is 6.08 Å². The molecule has 0 radical (unpaired) electrons. The summed E-state index contributed by atoms with van der Waals surface area (Å²) in [4.78, 5) is 13.0. The molecule has 9 heteroatoms. The van der Waals surface area contributed by atoms with Gasteiger partial charge in [0.2, 0.25) is 5.91 Å². The van der Waals surface area contributed by atoms with E-state index in [-0.39, 0.29) is 12.5 Å². The summed E-state index contributed by atoms with van der Waals surface area (Å²) in [6.45, 7) is 3.55. The Kier molecular flexibility index (Phi) is 47.0. The fraction of sp³-hybridized carbons (Fsp3) is 0.578. The second kappa shape index (κ2) is 51.3. The molecule has 1 amide bonds. The Morgan fingerprint density at radius 2 is 0.863 bits per heavy atom. The van der Waals surface area contributed by atoms with Crippen LogP contribution in [0.25, 0.3) is 0 Å². The molecule has 0 aromatic carbocycles. The molecule has 0 aromatic rings. The Bertz CT molecular complexity index is 1690. The molecule has 1 heterocycles. The van der Waals surface area contributed by atoms with Crippen LogP contribution in [0.2, 0.25) is 0 Å². The van der Waals surface area contributed by atoms with E-state index in [1.54, 1.807) is 6.08 Å². The zero-order valence-corrected chi connectivity index (χ0v) is 45.3. The number of nitrogens with one attached hydrogen (secondary N) is 1. The Morgan fingerprint density at radius 1 is 0.479 bits per heavy atom. The molecule has 1 fully saturated rings. The standard InChI is InChI=1S/C64H101NO8/c1-3-5-7-9-11-13-14-15-16-17-18-19-20-21-22-23-24-25-26-27-28-29-30-31-32-33-34-35-36-37-38-39-40-41-42-43-44-46-48-50-52-54-60(68)65-57(58(67)53-51-49-47-45-12-10-8-6-4-2)56-72-64-63(71)62(70)61(69)59(55-66)73-64/h5,7,11-13,15-16,18-19,21-22,24-25,27-28,30-31,33-34,36-37,39-40,45,51,53,57-59,61-64,66-67,69-71H,3-4,6,8-10,14,17,20,23,26,29,32,35,38,41-44,46-50,52,54-56H2,1-2H3,(H,65,68)/b7-5-,13-11-,16-15-,19-18-,22-21-,25-24-,28-27-,31-30-,34-33-,37-36-,40-39-,45-12+,53-51+. The summed E-state index contributed by atoms with van der Waals surface area (Å²) in [6, 6.07) is -0.837. The first kappa shape index (κ1) is 66.8. The van der Waals surface area contributed by atoms with Crippen LogP contribution in [0.4, 0.5) is 0 Å². The van der Waals surface area contributed by atoms with Crippen LogP contribution in [0.1, 0.15) is 181 Å². The van der Waals surface area contributed by atoms with Gasteiger partial charge >= 0.3 is 0 Å². The van der Waals surface area contributed by atoms with Gasteiger partial charge in [0.05, 0.1) is 25.4 Å². The topological polar surface area (TPSA) is 149 Å². The predicted molar refractivity (Wildman–Crippen MR) is 308 cm³/mol. The summed E-state index contributed by atoms with van der Waals surface area (Å²) in [5.41, 5.74) is 0. The van der Waals surface area contributed by atoms with Crippen molar-refractivity contribution in [3.8, 4) is 0 Å². The molecule has 9 nitrogen and oxygen atoms in total. The van der Waals surface area contributed by atoms with Crippen LogP contribution in [-0.2, 0) is 14.3 Å². The van der Waals surface area contributed by atoms with Crippen molar-refractivity contribution in [3.05, 3.63) is 158 Å². The molecule has 1 rings (SSSR count). The van der Waals surface area contributed by atoms with Gasteiger partial charge in [-0.1, -0.05) is 217 Å². The maximum atomic E-state index is 13.0. The molecule has 0 saturated carbocycles. The molecule has 0 aromatic heterocycles. The molecule has 6 N–H and O–H groups in total. The molecule has 7 atom stereocenters. The van der Waals surface area contributed by atoms with E-state index in [1.165, 1.54) is 38.5 Å². The van der Waals surface area contributed by atoms with Gasteiger partial charge in [0, 0.05) is 6.42 Å². The van der Waals surface area contributed by atoms with Gasteiger partial charge in [-0.15, -0.1) is 0 Å². The van der Waals surface area contributed by atoms with Crippen molar-refractivity contribution in [2.45, 2.75) is 224 Å². The monoisotopic (exact) mass is 1010 g/mol. The lowest BCUT2D eigenvalue weighted by Gasteiger charge is -2.40. The lowest BCUT2D eigenvalue weighted by atomic mass is 9.99. The Labute approximate surface area is 444 Å². The highest BCUT2D eigenvalue weighted by Crippen LogP contribution is 2.22. The van der Waals surface area contributed by atoms with Gasteiger partial charge in [0.25, 0.3) is 0 Å². The van der Waals surface area contributed by atoms with E-state index < -0.39 is 49.5 Å². The van der Waals surface area contributed by atoms with Gasteiger partial charge in [-0.25, -0.2) is 0 Å². The third kappa shape index (κ3) is 40.8. The van der Waals surface area contributed by atoms with Crippen molar-refractivity contribution >= 4 is 5.91 Å². The normalized spacial score (nSPS) is 20.3. The first-order chi connectivity index (χ1) is 35.8. The van der Waals surface area contributed by atoms with E-state index in [0.29, 0.717) is 6.42 Å². The summed E-state index contributed by atoms with van der Waals surface area (Å²) in [5, 5.41) is 54.1. The minimum atomic E-state index is -1.58. The van der Waals surface area contributed by atoms with Gasteiger partial charge in [0.15, 0.2) is 6.29 Å². The third-order valence-corrected chi connectivity index (χ3v) is 12.1. The average molecular weight is 1010 g/mol. The molecule has 73 heavy (non-hydrogen) atoms. The van der Waals surface area contributed by atoms with Crippen LogP contribution in [0.3, 0.4) is 0 Å². The molecule has 1 saturated heterocycles. The predicted octanol–water partition coefficient (Wildman–Crippen LogP) is 14.1. The second-order valence-corrected chi connectivity index (χ2v) is 18.6. The zero-order valence-electron chi connectivity index (χ0n) is 45.3. The number of rotatable bonds is 45. The highest BCUT2D eigenvalue weighted by atomic mass is 16.7. The largest absolute Gasteiger partial charge is 0.394 e. The molecule has 1 aliphatic heterocycles. The van der Waals surface area contributed by atoms with Crippen molar-refractivity contribution < 1.29 is 39.8 Å². The molecule has 0 aliphatic carbocycles. The number of hydrogen-bond donors (Lipinski definition) is 6. The van der Waals surface area contributed by atoms with Crippen LogP contribution in [-0.4, -0.2) is 87.5 Å². The van der Waals surface area contributed by atoms with Crippen molar-refractivity contribution in [1.29, 1.82) is 0 Å². The first-order valence-corrected chi connectivity index (χ1v) is 28.2. The molecule has 0 spiro atoms. The number of ether oxygens (including phenoxy) is 2. The number of aliphatic hydroxyl groups excluding tert-OH is 5. The van der Waals surface area contributed by atoms with Crippen molar-refractivity contribution in [2.75, 3.05) is 13.2 Å². The van der Waals surface area contributed by atoms with E-state index >= 15 is 0 Å². The van der Waals surface area contributed by atoms with E-state index in [2.05, 4.69) is 165 Å². The Morgan fingerprint density at radius 3 is 1.32 bits per heavy atom. The lowest BCUT2D eigenvalue weighted by molar-refractivity contribution is -0.302. The molecule has 7 unspecified atom stereocenters. The third-order valence-electron chi connectivity index (χ3n) is 12.1. The number of carbonyl (C=O) groups excluding carboxylic acids is 1. The van der Waals surface area contributed by atoms with Crippen LogP contribution < -0.4 is 5.32 Å². The lowest BCUT2D eigenvalue weighted by Crippen LogP contribution is -2.60. The summed E-state index contributed by atoms with van der Waals surface area (Å²) in [7, 11) is 0. The SMILES string of the molecule is CC/C=C\C/C=C\C/C=C\C/C=C\C/C=C\C/C=C\C/C=C\C/C=C\C/C=C\C/C=C\C/C=C\CCCCCCCCCC(=O)NC(COC1OC(CO)C(O)C(O)C1O)C(O)/C=C/CC/C=C/CCCCC. The van der Waals surface area contributed by atoms with Gasteiger partial charge in [-0.3, -0.25) is 4.79 Å².